The van der Waals surface area contributed by atoms with Gasteiger partial charge in [0.1, 0.15) is 0 Å². The van der Waals surface area contributed by atoms with Gasteiger partial charge < -0.3 is 0 Å². The Balaban J connectivity index is -0.000000322. The highest BCUT2D eigenvalue weighted by molar-refractivity contribution is 4.74. The molecule has 0 bridgehead atoms. The van der Waals surface area contributed by atoms with Gasteiger partial charge in [0.15, 0.2) is 0 Å². The summed E-state index contributed by atoms with van der Waals surface area (Å²) in [5, 5.41) is 0. The molecule has 0 fully saturated rings. The van der Waals surface area contributed by atoms with Crippen molar-refractivity contribution >= 4 is 0 Å². The molecule has 0 aromatic heterocycles. The highest BCUT2D eigenvalue weighted by atomic mass is 14.3. The molecule has 0 spiro atoms. The van der Waals surface area contributed by atoms with Crippen LogP contribution in [-0.2, 0) is 0 Å². The Morgan fingerprint density at radius 1 is 0.370 bits per heavy atom. The Bertz CT molecular complexity index is 242. The molecule has 0 aliphatic carbocycles. The van der Waals surface area contributed by atoms with Crippen molar-refractivity contribution < 1.29 is 0 Å². The summed E-state index contributed by atoms with van der Waals surface area (Å²) in [6.45, 7) is 27.6. The lowest BCUT2D eigenvalue weighted by Gasteiger charge is -2.29. The molecule has 0 aliphatic heterocycles. The lowest BCUT2D eigenvalue weighted by molar-refractivity contribution is 0.226. The molecule has 0 aromatic carbocycles. The molecule has 168 valence electrons. The third kappa shape index (κ3) is 13.0. The molecule has 0 radical (unpaired) electrons. The van der Waals surface area contributed by atoms with Crippen molar-refractivity contribution in [2.45, 2.75) is 160 Å². The Morgan fingerprint density at radius 3 is 0.667 bits per heavy atom. The van der Waals surface area contributed by atoms with Crippen LogP contribution in [0.15, 0.2) is 0 Å². The molecule has 0 saturated heterocycles. The fraction of sp³-hybridized carbons (Fsp3) is 1.00. The van der Waals surface area contributed by atoms with Gasteiger partial charge in [0.2, 0.25) is 0 Å². The largest absolute Gasteiger partial charge is 0.0654 e. The van der Waals surface area contributed by atoms with Crippen LogP contribution >= 0.6 is 0 Å². The van der Waals surface area contributed by atoms with E-state index in [1.165, 1.54) is 77.0 Å². The minimum absolute atomic E-state index is 0.625. The van der Waals surface area contributed by atoms with Crippen molar-refractivity contribution in [1.82, 2.24) is 0 Å². The zero-order valence-electron chi connectivity index (χ0n) is 22.0. The molecule has 0 nitrogen and oxygen atoms in total. The summed E-state index contributed by atoms with van der Waals surface area (Å²) in [5.41, 5.74) is 1.97. The molecule has 0 unspecified atom stereocenters. The molecule has 0 heteroatoms. The molecule has 0 saturated carbocycles. The molecular formula is C27H60. The maximum atomic E-state index is 2.35. The fourth-order valence-electron chi connectivity index (χ4n) is 4.06. The summed E-state index contributed by atoms with van der Waals surface area (Å²) in [6.07, 6.45) is 16.2. The van der Waals surface area contributed by atoms with Crippen molar-refractivity contribution in [1.29, 1.82) is 0 Å². The highest BCUT2D eigenvalue weighted by Gasteiger charge is 2.22. The standard InChI is InChI=1S/C10H22.C9H20.C8H18/c1-5-9-10(6-2,7-3)8-4;1-5-9(6-2,7-3)8-4;1-5-8(4,6-2)7-3/h5-9H2,1-4H3;5-8H2,1-4H3;5-7H2,1-4H3. The van der Waals surface area contributed by atoms with Crippen molar-refractivity contribution in [2.75, 3.05) is 0 Å². The van der Waals surface area contributed by atoms with Gasteiger partial charge in [-0.1, -0.05) is 154 Å². The van der Waals surface area contributed by atoms with Crippen LogP contribution in [0, 0.1) is 16.2 Å². The summed E-state index contributed by atoms with van der Waals surface area (Å²) in [4.78, 5) is 0. The zero-order valence-corrected chi connectivity index (χ0v) is 22.0. The predicted octanol–water partition coefficient (Wildman–Crippen LogP) is 10.8. The van der Waals surface area contributed by atoms with Crippen LogP contribution in [0.25, 0.3) is 0 Å². The van der Waals surface area contributed by atoms with E-state index in [-0.39, 0.29) is 0 Å². The van der Waals surface area contributed by atoms with Crippen LogP contribution < -0.4 is 0 Å². The summed E-state index contributed by atoms with van der Waals surface area (Å²) in [6, 6.07) is 0. The lowest BCUT2D eigenvalue weighted by Crippen LogP contribution is -2.16. The minimum Gasteiger partial charge on any atom is -0.0654 e. The molecule has 27 heavy (non-hydrogen) atoms. The second-order valence-corrected chi connectivity index (χ2v) is 9.10. The predicted molar refractivity (Wildman–Crippen MR) is 131 cm³/mol. The summed E-state index contributed by atoms with van der Waals surface area (Å²) in [5.74, 6) is 0. The first-order valence-electron chi connectivity index (χ1n) is 12.7. The van der Waals surface area contributed by atoms with Gasteiger partial charge in [-0.2, -0.15) is 0 Å². The minimum atomic E-state index is 0.625. The van der Waals surface area contributed by atoms with E-state index >= 15 is 0 Å². The zero-order chi connectivity index (χ0) is 22.0. The molecule has 0 atom stereocenters. The fourth-order valence-corrected chi connectivity index (χ4v) is 4.06. The van der Waals surface area contributed by atoms with Crippen molar-refractivity contribution in [3.8, 4) is 0 Å². The highest BCUT2D eigenvalue weighted by Crippen LogP contribution is 2.35. The van der Waals surface area contributed by atoms with Crippen molar-refractivity contribution in [2.24, 2.45) is 16.2 Å². The molecule has 0 rings (SSSR count). The number of rotatable bonds is 12. The first-order chi connectivity index (χ1) is 12.7. The summed E-state index contributed by atoms with van der Waals surface area (Å²) >= 11 is 0. The number of hydrogen-bond acceptors (Lipinski definition) is 0. The molecule has 0 aliphatic rings. The third-order valence-electron chi connectivity index (χ3n) is 8.59. The second-order valence-electron chi connectivity index (χ2n) is 9.10. The topological polar surface area (TPSA) is 0 Å². The van der Waals surface area contributed by atoms with Gasteiger partial charge in [-0.05, 0) is 22.7 Å². The van der Waals surface area contributed by atoms with Crippen molar-refractivity contribution in [3.63, 3.8) is 0 Å². The van der Waals surface area contributed by atoms with E-state index in [1.54, 1.807) is 0 Å². The summed E-state index contributed by atoms with van der Waals surface area (Å²) < 4.78 is 0. The summed E-state index contributed by atoms with van der Waals surface area (Å²) in [7, 11) is 0. The van der Waals surface area contributed by atoms with Crippen molar-refractivity contribution in [3.05, 3.63) is 0 Å². The van der Waals surface area contributed by atoms with Gasteiger partial charge >= 0.3 is 0 Å². The molecule has 0 amide bonds. The Labute approximate surface area is 176 Å². The van der Waals surface area contributed by atoms with Crippen LogP contribution in [0.4, 0.5) is 0 Å². The maximum absolute atomic E-state index is 2.35. The normalized spacial score (nSPS) is 12.0. The van der Waals surface area contributed by atoms with Crippen LogP contribution in [0.1, 0.15) is 160 Å². The molecular weight excluding hydrogens is 324 g/mol. The average molecular weight is 385 g/mol. The van der Waals surface area contributed by atoms with Gasteiger partial charge in [0, 0.05) is 0 Å². The molecule has 0 heterocycles. The lowest BCUT2D eigenvalue weighted by atomic mass is 9.76. The Hall–Kier alpha value is 0. The SMILES string of the molecule is CCC(C)(CC)CC.CCC(CC)(CC)CC.CCCC(CC)(CC)CC. The Kier molecular flexibility index (Phi) is 21.2. The maximum Gasteiger partial charge on any atom is -0.0305 e. The van der Waals surface area contributed by atoms with Gasteiger partial charge in [-0.3, -0.25) is 0 Å². The van der Waals surface area contributed by atoms with E-state index in [0.717, 1.165) is 0 Å². The smallest absolute Gasteiger partial charge is 0.0305 e. The van der Waals surface area contributed by atoms with E-state index < -0.39 is 0 Å². The Morgan fingerprint density at radius 2 is 0.630 bits per heavy atom. The molecule has 0 aromatic rings. The van der Waals surface area contributed by atoms with Gasteiger partial charge in [-0.25, -0.2) is 0 Å². The van der Waals surface area contributed by atoms with Gasteiger partial charge in [0.25, 0.3) is 0 Å². The van der Waals surface area contributed by atoms with Crippen LogP contribution in [0.5, 0.6) is 0 Å². The van der Waals surface area contributed by atoms with E-state index in [9.17, 15) is 0 Å². The van der Waals surface area contributed by atoms with Crippen LogP contribution in [-0.4, -0.2) is 0 Å². The van der Waals surface area contributed by atoms with E-state index in [2.05, 4.69) is 83.1 Å². The first kappa shape index (κ1) is 31.7. The van der Waals surface area contributed by atoms with Crippen LogP contribution in [0.2, 0.25) is 0 Å². The molecule has 0 N–H and O–H groups in total. The first-order valence-corrected chi connectivity index (χ1v) is 12.7. The second kappa shape index (κ2) is 18.1. The van der Waals surface area contributed by atoms with Gasteiger partial charge in [0.05, 0.1) is 0 Å². The average Bonchev–Trinajstić information content (AvgIpc) is 2.74. The quantitative estimate of drug-likeness (QED) is 0.314. The number of hydrogen-bond donors (Lipinski definition) is 0. The van der Waals surface area contributed by atoms with E-state index in [0.29, 0.717) is 16.2 Å². The van der Waals surface area contributed by atoms with Crippen LogP contribution in [0.3, 0.4) is 0 Å². The van der Waals surface area contributed by atoms with E-state index in [4.69, 9.17) is 0 Å². The monoisotopic (exact) mass is 384 g/mol. The third-order valence-corrected chi connectivity index (χ3v) is 8.59. The van der Waals surface area contributed by atoms with Gasteiger partial charge in [-0.15, -0.1) is 0 Å². The van der Waals surface area contributed by atoms with E-state index in [1.807, 2.05) is 0 Å².